The first-order valence-electron chi connectivity index (χ1n) is 3.62. The maximum Gasteiger partial charge on any atom is 0.0850 e. The van der Waals surface area contributed by atoms with Crippen LogP contribution in [0.15, 0.2) is 30.7 Å². The highest BCUT2D eigenvalue weighted by Crippen LogP contribution is 1.95. The Bertz CT molecular complexity index is 218. The zero-order valence-electron chi connectivity index (χ0n) is 6.53. The van der Waals surface area contributed by atoms with E-state index < -0.39 is 0 Å². The van der Waals surface area contributed by atoms with Gasteiger partial charge >= 0.3 is 0 Å². The first kappa shape index (κ1) is 7.79. The molecule has 0 saturated carbocycles. The van der Waals surface area contributed by atoms with Crippen LogP contribution in [0.2, 0.25) is 0 Å². The second-order valence-corrected chi connectivity index (χ2v) is 2.01. The summed E-state index contributed by atoms with van der Waals surface area (Å²) < 4.78 is 5.02. The molecular weight excluding hydrogens is 138 g/mol. The largest absolute Gasteiger partial charge is 0.501 e. The van der Waals surface area contributed by atoms with Gasteiger partial charge in [-0.25, -0.2) is 0 Å². The van der Waals surface area contributed by atoms with Gasteiger partial charge in [-0.1, -0.05) is 6.07 Å². The molecule has 1 aromatic heterocycles. The van der Waals surface area contributed by atoms with Crippen LogP contribution >= 0.6 is 0 Å². The third-order valence-corrected chi connectivity index (χ3v) is 1.19. The molecule has 0 spiro atoms. The van der Waals surface area contributed by atoms with Crippen molar-refractivity contribution in [3.63, 3.8) is 0 Å². The Morgan fingerprint density at radius 3 is 3.09 bits per heavy atom. The van der Waals surface area contributed by atoms with Gasteiger partial charge in [0.1, 0.15) is 0 Å². The summed E-state index contributed by atoms with van der Waals surface area (Å²) in [6.45, 7) is 2.64. The zero-order valence-corrected chi connectivity index (χ0v) is 6.53. The number of pyridine rings is 1. The highest BCUT2D eigenvalue weighted by Gasteiger charge is 1.81. The minimum absolute atomic E-state index is 0.698. The van der Waals surface area contributed by atoms with Crippen LogP contribution in [0.1, 0.15) is 12.6 Å². The van der Waals surface area contributed by atoms with Crippen LogP contribution in [0.3, 0.4) is 0 Å². The number of nitrogens with zero attached hydrogens (tertiary/aromatic N) is 1. The van der Waals surface area contributed by atoms with Crippen LogP contribution in [0.25, 0.3) is 6.08 Å². The molecule has 0 amide bonds. The SMILES string of the molecule is CCO/C=C/c1ccccn1. The van der Waals surface area contributed by atoms with Crippen LogP contribution in [-0.2, 0) is 4.74 Å². The summed E-state index contributed by atoms with van der Waals surface area (Å²) >= 11 is 0. The number of ether oxygens (including phenoxy) is 1. The average Bonchev–Trinajstić information content (AvgIpc) is 2.07. The summed E-state index contributed by atoms with van der Waals surface area (Å²) in [7, 11) is 0. The molecule has 0 atom stereocenters. The minimum atomic E-state index is 0.698. The fourth-order valence-corrected chi connectivity index (χ4v) is 0.689. The average molecular weight is 149 g/mol. The van der Waals surface area contributed by atoms with Crippen molar-refractivity contribution in [1.82, 2.24) is 4.98 Å². The molecule has 0 aliphatic rings. The predicted octanol–water partition coefficient (Wildman–Crippen LogP) is 2.09. The predicted molar refractivity (Wildman–Crippen MR) is 44.9 cm³/mol. The van der Waals surface area contributed by atoms with Crippen molar-refractivity contribution in [2.45, 2.75) is 6.92 Å². The van der Waals surface area contributed by atoms with Crippen LogP contribution in [-0.4, -0.2) is 11.6 Å². The molecule has 0 aliphatic heterocycles. The summed E-state index contributed by atoms with van der Waals surface area (Å²) in [4.78, 5) is 4.08. The lowest BCUT2D eigenvalue weighted by Gasteiger charge is -1.92. The van der Waals surface area contributed by atoms with Crippen LogP contribution < -0.4 is 0 Å². The summed E-state index contributed by atoms with van der Waals surface area (Å²) in [5, 5.41) is 0. The molecule has 0 unspecified atom stereocenters. The van der Waals surface area contributed by atoms with E-state index >= 15 is 0 Å². The lowest BCUT2D eigenvalue weighted by molar-refractivity contribution is 0.272. The van der Waals surface area contributed by atoms with Crippen molar-refractivity contribution in [3.8, 4) is 0 Å². The second-order valence-electron chi connectivity index (χ2n) is 2.01. The number of hydrogen-bond donors (Lipinski definition) is 0. The molecule has 0 radical (unpaired) electrons. The van der Waals surface area contributed by atoms with Crippen molar-refractivity contribution in [3.05, 3.63) is 36.4 Å². The molecule has 1 aromatic rings. The van der Waals surface area contributed by atoms with Gasteiger partial charge in [-0.3, -0.25) is 4.98 Å². The fourth-order valence-electron chi connectivity index (χ4n) is 0.689. The third kappa shape index (κ3) is 2.85. The monoisotopic (exact) mass is 149 g/mol. The number of hydrogen-bond acceptors (Lipinski definition) is 2. The van der Waals surface area contributed by atoms with E-state index in [0.717, 1.165) is 5.69 Å². The van der Waals surface area contributed by atoms with Gasteiger partial charge in [0.05, 0.1) is 18.6 Å². The van der Waals surface area contributed by atoms with Gasteiger partial charge in [0.15, 0.2) is 0 Å². The summed E-state index contributed by atoms with van der Waals surface area (Å²) in [5.41, 5.74) is 0.918. The molecule has 11 heavy (non-hydrogen) atoms. The van der Waals surface area contributed by atoms with E-state index in [0.29, 0.717) is 6.61 Å². The maximum absolute atomic E-state index is 5.02. The summed E-state index contributed by atoms with van der Waals surface area (Å²) in [6, 6.07) is 5.76. The Kier molecular flexibility index (Phi) is 3.19. The van der Waals surface area contributed by atoms with E-state index in [-0.39, 0.29) is 0 Å². The molecule has 2 nitrogen and oxygen atoms in total. The summed E-state index contributed by atoms with van der Waals surface area (Å²) in [6.07, 6.45) is 5.25. The smallest absolute Gasteiger partial charge is 0.0850 e. The van der Waals surface area contributed by atoms with E-state index in [1.54, 1.807) is 12.5 Å². The van der Waals surface area contributed by atoms with Gasteiger partial charge in [0.25, 0.3) is 0 Å². The normalized spacial score (nSPS) is 10.3. The van der Waals surface area contributed by atoms with Gasteiger partial charge in [-0.05, 0) is 25.1 Å². The van der Waals surface area contributed by atoms with Crippen LogP contribution in [0.5, 0.6) is 0 Å². The van der Waals surface area contributed by atoms with Gasteiger partial charge < -0.3 is 4.74 Å². The fraction of sp³-hybridized carbons (Fsp3) is 0.222. The van der Waals surface area contributed by atoms with E-state index in [2.05, 4.69) is 4.98 Å². The van der Waals surface area contributed by atoms with Crippen molar-refractivity contribution in [2.24, 2.45) is 0 Å². The van der Waals surface area contributed by atoms with Crippen LogP contribution in [0, 0.1) is 0 Å². The molecule has 0 N–H and O–H groups in total. The van der Waals surface area contributed by atoms with E-state index in [9.17, 15) is 0 Å². The van der Waals surface area contributed by atoms with Crippen molar-refractivity contribution in [1.29, 1.82) is 0 Å². The first-order chi connectivity index (χ1) is 5.43. The summed E-state index contributed by atoms with van der Waals surface area (Å²) in [5.74, 6) is 0. The molecule has 0 bridgehead atoms. The molecule has 2 heteroatoms. The maximum atomic E-state index is 5.02. The number of aromatic nitrogens is 1. The molecule has 0 fully saturated rings. The van der Waals surface area contributed by atoms with Gasteiger partial charge in [-0.2, -0.15) is 0 Å². The zero-order chi connectivity index (χ0) is 7.94. The second kappa shape index (κ2) is 4.50. The van der Waals surface area contributed by atoms with Crippen molar-refractivity contribution < 1.29 is 4.74 Å². The minimum Gasteiger partial charge on any atom is -0.501 e. The molecule has 0 aliphatic carbocycles. The lowest BCUT2D eigenvalue weighted by atomic mass is 10.3. The third-order valence-electron chi connectivity index (χ3n) is 1.19. The molecule has 58 valence electrons. The van der Waals surface area contributed by atoms with Gasteiger partial charge in [0, 0.05) is 6.20 Å². The highest BCUT2D eigenvalue weighted by atomic mass is 16.5. The van der Waals surface area contributed by atoms with Crippen molar-refractivity contribution in [2.75, 3.05) is 6.61 Å². The first-order valence-corrected chi connectivity index (χ1v) is 3.62. The Morgan fingerprint density at radius 2 is 2.45 bits per heavy atom. The Labute approximate surface area is 66.5 Å². The standard InChI is InChI=1S/C9H11NO/c1-2-11-8-6-9-5-3-4-7-10-9/h3-8H,2H2,1H3/b8-6+. The Balaban J connectivity index is 2.50. The van der Waals surface area contributed by atoms with Crippen molar-refractivity contribution >= 4 is 6.08 Å². The number of rotatable bonds is 3. The van der Waals surface area contributed by atoms with E-state index in [4.69, 9.17) is 4.74 Å². The molecule has 0 aromatic carbocycles. The molecule has 1 rings (SSSR count). The lowest BCUT2D eigenvalue weighted by Crippen LogP contribution is -1.79. The van der Waals surface area contributed by atoms with Crippen LogP contribution in [0.4, 0.5) is 0 Å². The molecular formula is C9H11NO. The Hall–Kier alpha value is -1.31. The van der Waals surface area contributed by atoms with E-state index in [1.165, 1.54) is 0 Å². The Morgan fingerprint density at radius 1 is 1.55 bits per heavy atom. The van der Waals surface area contributed by atoms with Gasteiger partial charge in [-0.15, -0.1) is 0 Å². The molecule has 0 saturated heterocycles. The van der Waals surface area contributed by atoms with Gasteiger partial charge in [0.2, 0.25) is 0 Å². The molecule has 1 heterocycles. The topological polar surface area (TPSA) is 22.1 Å². The van der Waals surface area contributed by atoms with E-state index in [1.807, 2.05) is 31.2 Å². The highest BCUT2D eigenvalue weighted by molar-refractivity contribution is 5.42. The quantitative estimate of drug-likeness (QED) is 0.614.